The van der Waals surface area contributed by atoms with Crippen LogP contribution in [-0.4, -0.2) is 47.2 Å². The molecule has 0 saturated carbocycles. The van der Waals surface area contributed by atoms with E-state index in [1.165, 1.54) is 5.69 Å². The molecule has 136 valence electrons. The number of benzene rings is 1. The third-order valence-electron chi connectivity index (χ3n) is 4.04. The first-order valence-corrected chi connectivity index (χ1v) is 8.85. The van der Waals surface area contributed by atoms with Gasteiger partial charge in [0, 0.05) is 38.6 Å². The van der Waals surface area contributed by atoms with Crippen molar-refractivity contribution in [1.29, 1.82) is 0 Å². The lowest BCUT2D eigenvalue weighted by Crippen LogP contribution is -2.41. The van der Waals surface area contributed by atoms with E-state index >= 15 is 0 Å². The Bertz CT molecular complexity index is 841. The molecule has 0 aliphatic carbocycles. The average molecular weight is 351 g/mol. The molecule has 0 unspecified atom stereocenters. The lowest BCUT2D eigenvalue weighted by molar-refractivity contribution is 0.773. The van der Waals surface area contributed by atoms with E-state index in [-0.39, 0.29) is 0 Å². The molecule has 0 spiro atoms. The molecule has 0 aliphatic heterocycles. The van der Waals surface area contributed by atoms with Gasteiger partial charge in [-0.25, -0.2) is 4.99 Å². The number of para-hydroxylation sites is 1. The number of likely N-dealkylation sites (N-methyl/N-ethyl adjacent to an activating group) is 1. The zero-order valence-electron chi connectivity index (χ0n) is 15.3. The standard InChI is InChI=1S/C19H25N7/c1-3-20-19(21-12-14-25(2)16-9-5-4-6-10-16)22-15-18-24-23-17-11-7-8-13-26(17)18/h4-11,13H,3,12,14-15H2,1-2H3,(H2,20,21,22). The molecule has 2 N–H and O–H groups in total. The van der Waals surface area contributed by atoms with E-state index in [1.807, 2.05) is 47.0 Å². The molecule has 2 heterocycles. The maximum atomic E-state index is 4.63. The number of nitrogens with one attached hydrogen (secondary N) is 2. The smallest absolute Gasteiger partial charge is 0.191 e. The van der Waals surface area contributed by atoms with Gasteiger partial charge in [-0.2, -0.15) is 0 Å². The van der Waals surface area contributed by atoms with Gasteiger partial charge in [0.2, 0.25) is 0 Å². The highest BCUT2D eigenvalue weighted by Gasteiger charge is 2.05. The van der Waals surface area contributed by atoms with Crippen molar-refractivity contribution >= 4 is 17.3 Å². The predicted molar refractivity (Wildman–Crippen MR) is 106 cm³/mol. The van der Waals surface area contributed by atoms with E-state index < -0.39 is 0 Å². The molecule has 3 aromatic rings. The second-order valence-electron chi connectivity index (χ2n) is 5.92. The van der Waals surface area contributed by atoms with E-state index in [0.717, 1.165) is 37.1 Å². The SMILES string of the molecule is CCNC(=NCc1nnc2ccccn12)NCCN(C)c1ccccc1. The summed E-state index contributed by atoms with van der Waals surface area (Å²) >= 11 is 0. The molecule has 0 atom stereocenters. The Kier molecular flexibility index (Phi) is 6.03. The zero-order chi connectivity index (χ0) is 18.2. The summed E-state index contributed by atoms with van der Waals surface area (Å²) in [5, 5.41) is 15.0. The van der Waals surface area contributed by atoms with Crippen molar-refractivity contribution in [2.45, 2.75) is 13.5 Å². The fourth-order valence-corrected chi connectivity index (χ4v) is 2.64. The summed E-state index contributed by atoms with van der Waals surface area (Å²) in [4.78, 5) is 6.84. The average Bonchev–Trinajstić information content (AvgIpc) is 3.10. The Morgan fingerprint density at radius 3 is 2.69 bits per heavy atom. The van der Waals surface area contributed by atoms with Crippen LogP contribution in [0, 0.1) is 0 Å². The van der Waals surface area contributed by atoms with Gasteiger partial charge in [-0.3, -0.25) is 4.40 Å². The second-order valence-corrected chi connectivity index (χ2v) is 5.92. The number of nitrogens with zero attached hydrogens (tertiary/aromatic N) is 5. The summed E-state index contributed by atoms with van der Waals surface area (Å²) in [5.41, 5.74) is 2.03. The third-order valence-corrected chi connectivity index (χ3v) is 4.04. The van der Waals surface area contributed by atoms with Crippen molar-refractivity contribution in [2.24, 2.45) is 4.99 Å². The van der Waals surface area contributed by atoms with Gasteiger partial charge in [-0.1, -0.05) is 24.3 Å². The molecular formula is C19H25N7. The van der Waals surface area contributed by atoms with Crippen LogP contribution in [0.3, 0.4) is 0 Å². The van der Waals surface area contributed by atoms with Gasteiger partial charge in [0.15, 0.2) is 17.4 Å². The lowest BCUT2D eigenvalue weighted by Gasteiger charge is -2.20. The Hall–Kier alpha value is -3.09. The van der Waals surface area contributed by atoms with E-state index in [1.54, 1.807) is 0 Å². The van der Waals surface area contributed by atoms with Crippen molar-refractivity contribution in [2.75, 3.05) is 31.6 Å². The van der Waals surface area contributed by atoms with Crippen LogP contribution in [0.4, 0.5) is 5.69 Å². The lowest BCUT2D eigenvalue weighted by atomic mass is 10.3. The number of fused-ring (bicyclic) bond motifs is 1. The van der Waals surface area contributed by atoms with Crippen LogP contribution in [0.25, 0.3) is 5.65 Å². The Morgan fingerprint density at radius 2 is 1.88 bits per heavy atom. The van der Waals surface area contributed by atoms with Gasteiger partial charge in [0.25, 0.3) is 0 Å². The fraction of sp³-hybridized carbons (Fsp3) is 0.316. The van der Waals surface area contributed by atoms with E-state index in [4.69, 9.17) is 0 Å². The molecule has 0 aliphatic rings. The van der Waals surface area contributed by atoms with Crippen molar-refractivity contribution in [3.05, 3.63) is 60.6 Å². The highest BCUT2D eigenvalue weighted by molar-refractivity contribution is 5.79. The molecule has 0 bridgehead atoms. The largest absolute Gasteiger partial charge is 0.373 e. The number of hydrogen-bond acceptors (Lipinski definition) is 4. The van der Waals surface area contributed by atoms with Crippen LogP contribution in [-0.2, 0) is 6.54 Å². The summed E-state index contributed by atoms with van der Waals surface area (Å²) in [5.74, 6) is 1.60. The van der Waals surface area contributed by atoms with Crippen LogP contribution in [0.5, 0.6) is 0 Å². The summed E-state index contributed by atoms with van der Waals surface area (Å²) in [6.45, 7) is 5.00. The molecule has 2 aromatic heterocycles. The Labute approximate surface area is 153 Å². The Morgan fingerprint density at radius 1 is 1.08 bits per heavy atom. The van der Waals surface area contributed by atoms with Crippen molar-refractivity contribution in [1.82, 2.24) is 25.2 Å². The molecular weight excluding hydrogens is 326 g/mol. The number of guanidine groups is 1. The molecule has 0 fully saturated rings. The number of anilines is 1. The normalized spacial score (nSPS) is 11.5. The molecule has 0 radical (unpaired) electrons. The van der Waals surface area contributed by atoms with E-state index in [0.29, 0.717) is 6.54 Å². The zero-order valence-corrected chi connectivity index (χ0v) is 15.3. The minimum atomic E-state index is 0.467. The van der Waals surface area contributed by atoms with E-state index in [9.17, 15) is 0 Å². The maximum absolute atomic E-state index is 4.63. The van der Waals surface area contributed by atoms with Crippen LogP contribution < -0.4 is 15.5 Å². The van der Waals surface area contributed by atoms with Crippen LogP contribution in [0.2, 0.25) is 0 Å². The molecule has 7 heteroatoms. The first kappa shape index (κ1) is 17.7. The summed E-state index contributed by atoms with van der Waals surface area (Å²) in [6.07, 6.45) is 1.95. The maximum Gasteiger partial charge on any atom is 0.191 e. The first-order valence-electron chi connectivity index (χ1n) is 8.85. The highest BCUT2D eigenvalue weighted by Crippen LogP contribution is 2.09. The fourth-order valence-electron chi connectivity index (χ4n) is 2.64. The van der Waals surface area contributed by atoms with Crippen LogP contribution in [0.1, 0.15) is 12.7 Å². The van der Waals surface area contributed by atoms with Crippen LogP contribution in [0.15, 0.2) is 59.7 Å². The van der Waals surface area contributed by atoms with Gasteiger partial charge in [-0.05, 0) is 31.2 Å². The Balaban J connectivity index is 1.57. The van der Waals surface area contributed by atoms with Gasteiger partial charge in [0.05, 0.1) is 0 Å². The van der Waals surface area contributed by atoms with Gasteiger partial charge < -0.3 is 15.5 Å². The molecule has 1 aromatic carbocycles. The molecule has 3 rings (SSSR count). The highest BCUT2D eigenvalue weighted by atomic mass is 15.3. The minimum absolute atomic E-state index is 0.467. The van der Waals surface area contributed by atoms with Crippen molar-refractivity contribution in [3.8, 4) is 0 Å². The number of aromatic nitrogens is 3. The molecule has 0 saturated heterocycles. The number of aliphatic imine (C=N–C) groups is 1. The number of pyridine rings is 1. The van der Waals surface area contributed by atoms with E-state index in [2.05, 4.69) is 56.8 Å². The number of rotatable bonds is 7. The quantitative estimate of drug-likeness (QED) is 0.503. The second kappa shape index (κ2) is 8.84. The summed E-state index contributed by atoms with van der Waals surface area (Å²) in [6, 6.07) is 16.2. The third kappa shape index (κ3) is 4.50. The van der Waals surface area contributed by atoms with Gasteiger partial charge in [-0.15, -0.1) is 10.2 Å². The first-order chi connectivity index (χ1) is 12.8. The number of hydrogen-bond donors (Lipinski definition) is 2. The summed E-state index contributed by atoms with van der Waals surface area (Å²) < 4.78 is 1.95. The summed E-state index contributed by atoms with van der Waals surface area (Å²) in [7, 11) is 2.09. The predicted octanol–water partition coefficient (Wildman–Crippen LogP) is 1.92. The molecule has 0 amide bonds. The van der Waals surface area contributed by atoms with Crippen molar-refractivity contribution < 1.29 is 0 Å². The van der Waals surface area contributed by atoms with Gasteiger partial charge >= 0.3 is 0 Å². The topological polar surface area (TPSA) is 69.8 Å². The van der Waals surface area contributed by atoms with Crippen LogP contribution >= 0.6 is 0 Å². The molecule has 26 heavy (non-hydrogen) atoms. The van der Waals surface area contributed by atoms with Crippen molar-refractivity contribution in [3.63, 3.8) is 0 Å². The monoisotopic (exact) mass is 351 g/mol. The minimum Gasteiger partial charge on any atom is -0.373 e. The molecule has 7 nitrogen and oxygen atoms in total. The van der Waals surface area contributed by atoms with Gasteiger partial charge in [0.1, 0.15) is 6.54 Å².